The van der Waals surface area contributed by atoms with Gasteiger partial charge in [0.25, 0.3) is 5.91 Å². The Balaban J connectivity index is 1.51. The number of benzene rings is 2. The molecule has 1 saturated carbocycles. The van der Waals surface area contributed by atoms with Crippen molar-refractivity contribution >= 4 is 35.0 Å². The Bertz CT molecular complexity index is 1000. The molecule has 3 amide bonds. The maximum atomic E-state index is 13.3. The Hall–Kier alpha value is -2.86. The van der Waals surface area contributed by atoms with Gasteiger partial charge in [-0.05, 0) is 49.6 Å². The van der Waals surface area contributed by atoms with Gasteiger partial charge < -0.3 is 9.80 Å². The molecule has 7 heteroatoms. The number of hydrogen-bond acceptors (Lipinski definition) is 3. The van der Waals surface area contributed by atoms with E-state index in [0.29, 0.717) is 16.3 Å². The van der Waals surface area contributed by atoms with Gasteiger partial charge in [0.05, 0.1) is 0 Å². The van der Waals surface area contributed by atoms with Crippen molar-refractivity contribution in [3.8, 4) is 0 Å². The van der Waals surface area contributed by atoms with Gasteiger partial charge in [0.2, 0.25) is 11.8 Å². The second-order valence-electron chi connectivity index (χ2n) is 8.53. The van der Waals surface area contributed by atoms with Gasteiger partial charge >= 0.3 is 0 Å². The molecule has 0 aromatic heterocycles. The average molecular weight is 454 g/mol. The van der Waals surface area contributed by atoms with Gasteiger partial charge in [-0.15, -0.1) is 0 Å². The average Bonchev–Trinajstić information content (AvgIpc) is 3.21. The molecule has 1 heterocycles. The van der Waals surface area contributed by atoms with Gasteiger partial charge in [0, 0.05) is 22.3 Å². The van der Waals surface area contributed by atoms with Crippen molar-refractivity contribution in [3.63, 3.8) is 0 Å². The molecule has 2 aromatic carbocycles. The summed E-state index contributed by atoms with van der Waals surface area (Å²) in [5.74, 6) is -0.489. The maximum Gasteiger partial charge on any atom is 0.254 e. The summed E-state index contributed by atoms with van der Waals surface area (Å²) >= 11 is 6.22. The lowest BCUT2D eigenvalue weighted by Gasteiger charge is -2.35. The molecule has 32 heavy (non-hydrogen) atoms. The quantitative estimate of drug-likeness (QED) is 0.679. The third-order valence-corrected chi connectivity index (χ3v) is 6.83. The SMILES string of the molecule is Cc1c(Cl)cccc1N1CN(C(=O)CN(C(=O)c2ccccc2)C2CCCCC2)CC1=O. The van der Waals surface area contributed by atoms with Crippen LogP contribution in [0.15, 0.2) is 48.5 Å². The molecule has 6 nitrogen and oxygen atoms in total. The molecule has 2 fully saturated rings. The lowest BCUT2D eigenvalue weighted by atomic mass is 9.93. The van der Waals surface area contributed by atoms with E-state index in [4.69, 9.17) is 11.6 Å². The third kappa shape index (κ3) is 4.65. The minimum absolute atomic E-state index is 0.00280. The fraction of sp³-hybridized carbons (Fsp3) is 0.400. The zero-order valence-electron chi connectivity index (χ0n) is 18.3. The molecular formula is C25H28ClN3O3. The van der Waals surface area contributed by atoms with Crippen molar-refractivity contribution in [2.24, 2.45) is 0 Å². The van der Waals surface area contributed by atoms with E-state index < -0.39 is 0 Å². The summed E-state index contributed by atoms with van der Waals surface area (Å²) in [6, 6.07) is 14.6. The minimum Gasteiger partial charge on any atom is -0.326 e. The molecule has 0 unspecified atom stereocenters. The first-order chi connectivity index (χ1) is 15.5. The van der Waals surface area contributed by atoms with E-state index in [1.54, 1.807) is 34.1 Å². The Morgan fingerprint density at radius 3 is 2.47 bits per heavy atom. The van der Waals surface area contributed by atoms with Crippen molar-refractivity contribution in [3.05, 3.63) is 64.7 Å². The van der Waals surface area contributed by atoms with Crippen molar-refractivity contribution in [1.29, 1.82) is 0 Å². The van der Waals surface area contributed by atoms with Crippen LogP contribution in [-0.4, -0.2) is 53.3 Å². The summed E-state index contributed by atoms with van der Waals surface area (Å²) in [5.41, 5.74) is 2.10. The van der Waals surface area contributed by atoms with E-state index >= 15 is 0 Å². The first kappa shape index (κ1) is 22.3. The fourth-order valence-electron chi connectivity index (χ4n) is 4.57. The predicted molar refractivity (Wildman–Crippen MR) is 125 cm³/mol. The minimum atomic E-state index is -0.213. The Kier molecular flexibility index (Phi) is 6.80. The first-order valence-electron chi connectivity index (χ1n) is 11.1. The van der Waals surface area contributed by atoms with Crippen molar-refractivity contribution in [1.82, 2.24) is 9.80 Å². The molecule has 0 radical (unpaired) electrons. The van der Waals surface area contributed by atoms with Crippen LogP contribution in [0.4, 0.5) is 5.69 Å². The third-order valence-electron chi connectivity index (χ3n) is 6.42. The molecule has 0 bridgehead atoms. The van der Waals surface area contributed by atoms with Crippen LogP contribution >= 0.6 is 11.6 Å². The smallest absolute Gasteiger partial charge is 0.254 e. The van der Waals surface area contributed by atoms with Crippen LogP contribution in [0.5, 0.6) is 0 Å². The second kappa shape index (κ2) is 9.74. The van der Waals surface area contributed by atoms with Crippen LogP contribution in [-0.2, 0) is 9.59 Å². The van der Waals surface area contributed by atoms with E-state index in [-0.39, 0.29) is 43.5 Å². The van der Waals surface area contributed by atoms with Crippen LogP contribution < -0.4 is 4.90 Å². The number of hydrogen-bond donors (Lipinski definition) is 0. The molecule has 0 spiro atoms. The van der Waals surface area contributed by atoms with Gasteiger partial charge in [0.15, 0.2) is 0 Å². The van der Waals surface area contributed by atoms with Gasteiger partial charge in [-0.25, -0.2) is 0 Å². The monoisotopic (exact) mass is 453 g/mol. The lowest BCUT2D eigenvalue weighted by molar-refractivity contribution is -0.132. The summed E-state index contributed by atoms with van der Waals surface area (Å²) in [6.45, 7) is 2.01. The summed E-state index contributed by atoms with van der Waals surface area (Å²) in [7, 11) is 0. The highest BCUT2D eigenvalue weighted by Crippen LogP contribution is 2.29. The number of carbonyl (C=O) groups is 3. The maximum absolute atomic E-state index is 13.3. The molecular weight excluding hydrogens is 426 g/mol. The van der Waals surface area contributed by atoms with Gasteiger partial charge in [-0.3, -0.25) is 19.3 Å². The van der Waals surface area contributed by atoms with Crippen LogP contribution in [0.3, 0.4) is 0 Å². The van der Waals surface area contributed by atoms with E-state index in [1.165, 1.54) is 4.90 Å². The van der Waals surface area contributed by atoms with E-state index in [9.17, 15) is 14.4 Å². The molecule has 0 N–H and O–H groups in total. The van der Waals surface area contributed by atoms with E-state index in [1.807, 2.05) is 31.2 Å². The van der Waals surface area contributed by atoms with Gasteiger partial charge in [-0.2, -0.15) is 0 Å². The van der Waals surface area contributed by atoms with Gasteiger partial charge in [-0.1, -0.05) is 55.1 Å². The summed E-state index contributed by atoms with van der Waals surface area (Å²) in [4.78, 5) is 44.1. The molecule has 2 aliphatic rings. The summed E-state index contributed by atoms with van der Waals surface area (Å²) < 4.78 is 0. The highest BCUT2D eigenvalue weighted by molar-refractivity contribution is 6.31. The van der Waals surface area contributed by atoms with Crippen molar-refractivity contribution in [2.75, 3.05) is 24.7 Å². The zero-order chi connectivity index (χ0) is 22.7. The molecule has 1 aliphatic carbocycles. The van der Waals surface area contributed by atoms with Gasteiger partial charge in [0.1, 0.15) is 19.8 Å². The second-order valence-corrected chi connectivity index (χ2v) is 8.94. The first-order valence-corrected chi connectivity index (χ1v) is 11.5. The molecule has 1 saturated heterocycles. The molecule has 168 valence electrons. The number of amides is 3. The standard InChI is InChI=1S/C25H28ClN3O3/c1-18-21(26)13-8-14-22(18)29-17-27(15-24(29)31)23(30)16-28(20-11-6-3-7-12-20)25(32)19-9-4-2-5-10-19/h2,4-5,8-10,13-14,20H,3,6-7,11-12,15-17H2,1H3. The number of halogens is 1. The number of rotatable bonds is 5. The highest BCUT2D eigenvalue weighted by Gasteiger charge is 2.35. The normalized spacial score (nSPS) is 17.0. The predicted octanol–water partition coefficient (Wildman–Crippen LogP) is 4.26. The molecule has 2 aromatic rings. The molecule has 0 atom stereocenters. The highest BCUT2D eigenvalue weighted by atomic mass is 35.5. The fourth-order valence-corrected chi connectivity index (χ4v) is 4.74. The number of carbonyl (C=O) groups excluding carboxylic acids is 3. The van der Waals surface area contributed by atoms with Crippen LogP contribution in [0, 0.1) is 6.92 Å². The molecule has 4 rings (SSSR count). The van der Waals surface area contributed by atoms with Crippen LogP contribution in [0.1, 0.15) is 48.0 Å². The Morgan fingerprint density at radius 1 is 1.03 bits per heavy atom. The van der Waals surface area contributed by atoms with E-state index in [2.05, 4.69) is 0 Å². The lowest BCUT2D eigenvalue weighted by Crippen LogP contribution is -2.48. The Morgan fingerprint density at radius 2 is 1.75 bits per heavy atom. The topological polar surface area (TPSA) is 60.9 Å². The van der Waals surface area contributed by atoms with E-state index in [0.717, 1.165) is 37.7 Å². The summed E-state index contributed by atoms with van der Waals surface area (Å²) in [6.07, 6.45) is 5.08. The number of nitrogens with zero attached hydrogens (tertiary/aromatic N) is 3. The Labute approximate surface area is 193 Å². The molecule has 1 aliphatic heterocycles. The largest absolute Gasteiger partial charge is 0.326 e. The van der Waals surface area contributed by atoms with Crippen molar-refractivity contribution in [2.45, 2.75) is 45.1 Å². The summed E-state index contributed by atoms with van der Waals surface area (Å²) in [5, 5.41) is 0.581. The van der Waals surface area contributed by atoms with Crippen molar-refractivity contribution < 1.29 is 14.4 Å². The van der Waals surface area contributed by atoms with Crippen LogP contribution in [0.2, 0.25) is 5.02 Å². The van der Waals surface area contributed by atoms with Crippen LogP contribution in [0.25, 0.3) is 0 Å². The zero-order valence-corrected chi connectivity index (χ0v) is 19.1. The number of anilines is 1.